The Morgan fingerprint density at radius 3 is 2.65 bits per heavy atom. The predicted molar refractivity (Wildman–Crippen MR) is 76.6 cm³/mol. The molecular formula is C13H12BrN3O3. The zero-order valence-corrected chi connectivity index (χ0v) is 12.3. The predicted octanol–water partition coefficient (Wildman–Crippen LogP) is 1.50. The first-order valence-electron chi connectivity index (χ1n) is 6.16. The summed E-state index contributed by atoms with van der Waals surface area (Å²) >= 11 is 3.22. The van der Waals surface area contributed by atoms with Crippen molar-refractivity contribution in [2.75, 3.05) is 7.11 Å². The molecule has 0 N–H and O–H groups in total. The Balaban J connectivity index is 2.28. The molecule has 2 aromatic heterocycles. The van der Waals surface area contributed by atoms with Crippen LogP contribution < -0.4 is 16.0 Å². The Kier molecular flexibility index (Phi) is 3.21. The zero-order chi connectivity index (χ0) is 14.3. The maximum absolute atomic E-state index is 12.5. The van der Waals surface area contributed by atoms with Gasteiger partial charge in [0.1, 0.15) is 4.60 Å². The van der Waals surface area contributed by atoms with Crippen LogP contribution in [-0.4, -0.2) is 21.2 Å². The number of halogens is 1. The molecule has 2 heterocycles. The van der Waals surface area contributed by atoms with E-state index in [-0.39, 0.29) is 17.5 Å². The minimum atomic E-state index is -0.474. The van der Waals surface area contributed by atoms with Gasteiger partial charge in [-0.25, -0.2) is 14.3 Å². The highest BCUT2D eigenvalue weighted by molar-refractivity contribution is 9.10. The Labute approximate surface area is 122 Å². The lowest BCUT2D eigenvalue weighted by molar-refractivity contribution is 0.395. The molecule has 1 aliphatic carbocycles. The van der Waals surface area contributed by atoms with Gasteiger partial charge in [0.2, 0.25) is 5.75 Å². The highest BCUT2D eigenvalue weighted by Crippen LogP contribution is 2.33. The van der Waals surface area contributed by atoms with Crippen molar-refractivity contribution >= 4 is 15.9 Å². The van der Waals surface area contributed by atoms with E-state index in [9.17, 15) is 9.59 Å². The first-order valence-corrected chi connectivity index (χ1v) is 6.95. The number of hydrogen-bond donors (Lipinski definition) is 0. The van der Waals surface area contributed by atoms with Crippen LogP contribution in [0.3, 0.4) is 0 Å². The first-order chi connectivity index (χ1) is 9.61. The van der Waals surface area contributed by atoms with Gasteiger partial charge in [0, 0.05) is 6.04 Å². The largest absolute Gasteiger partial charge is 0.490 e. The average Bonchev–Trinajstić information content (AvgIpc) is 3.26. The summed E-state index contributed by atoms with van der Waals surface area (Å²) in [5.41, 5.74) is -0.405. The lowest BCUT2D eigenvalue weighted by Gasteiger charge is -2.11. The highest BCUT2D eigenvalue weighted by Gasteiger charge is 2.27. The summed E-state index contributed by atoms with van der Waals surface area (Å²) in [6.07, 6.45) is 4.86. The Morgan fingerprint density at radius 2 is 2.10 bits per heavy atom. The number of aromatic nitrogens is 3. The molecule has 7 heteroatoms. The van der Waals surface area contributed by atoms with E-state index >= 15 is 0 Å². The third kappa shape index (κ3) is 2.18. The van der Waals surface area contributed by atoms with Gasteiger partial charge in [-0.05, 0) is 40.9 Å². The van der Waals surface area contributed by atoms with E-state index in [0.717, 1.165) is 17.4 Å². The third-order valence-electron chi connectivity index (χ3n) is 3.21. The van der Waals surface area contributed by atoms with Crippen molar-refractivity contribution in [2.24, 2.45) is 0 Å². The second kappa shape index (κ2) is 4.90. The second-order valence-corrected chi connectivity index (χ2v) is 5.41. The Hall–Kier alpha value is -1.89. The van der Waals surface area contributed by atoms with E-state index in [1.54, 1.807) is 16.7 Å². The molecule has 6 nitrogen and oxygen atoms in total. The fraction of sp³-hybridized carbons (Fsp3) is 0.308. The van der Waals surface area contributed by atoms with E-state index in [4.69, 9.17) is 4.74 Å². The number of pyridine rings is 1. The summed E-state index contributed by atoms with van der Waals surface area (Å²) < 4.78 is 8.37. The van der Waals surface area contributed by atoms with Crippen molar-refractivity contribution in [1.82, 2.24) is 14.1 Å². The molecule has 0 amide bonds. The molecule has 0 spiro atoms. The lowest BCUT2D eigenvalue weighted by Crippen LogP contribution is -2.38. The fourth-order valence-electron chi connectivity index (χ4n) is 2.03. The van der Waals surface area contributed by atoms with E-state index in [1.807, 2.05) is 0 Å². The molecule has 0 unspecified atom stereocenters. The van der Waals surface area contributed by atoms with Crippen molar-refractivity contribution in [1.29, 1.82) is 0 Å². The van der Waals surface area contributed by atoms with Gasteiger partial charge in [-0.3, -0.25) is 9.36 Å². The van der Waals surface area contributed by atoms with Crippen LogP contribution in [0.2, 0.25) is 0 Å². The van der Waals surface area contributed by atoms with Crippen molar-refractivity contribution in [3.05, 3.63) is 50.0 Å². The van der Waals surface area contributed by atoms with Gasteiger partial charge in [0.15, 0.2) is 0 Å². The molecule has 3 rings (SSSR count). The Morgan fingerprint density at radius 1 is 1.35 bits per heavy atom. The van der Waals surface area contributed by atoms with Gasteiger partial charge >= 0.3 is 11.2 Å². The number of methoxy groups -OCH3 is 1. The normalized spacial score (nSPS) is 14.3. The summed E-state index contributed by atoms with van der Waals surface area (Å²) in [5, 5.41) is 0. The van der Waals surface area contributed by atoms with Crippen molar-refractivity contribution in [3.63, 3.8) is 0 Å². The Bertz CT molecular complexity index is 760. The summed E-state index contributed by atoms with van der Waals surface area (Å²) in [5.74, 6) is 0.152. The van der Waals surface area contributed by atoms with Crippen LogP contribution in [0.25, 0.3) is 5.69 Å². The second-order valence-electron chi connectivity index (χ2n) is 4.60. The standard InChI is InChI=1S/C13H12BrN3O3/c1-20-10-7-16(8-2-3-8)13(19)17(12(10)18)9-4-5-11(14)15-6-9/h4-8H,2-3H2,1H3. The molecule has 104 valence electrons. The number of rotatable bonds is 3. The SMILES string of the molecule is COc1cn(C2CC2)c(=O)n(-c2ccc(Br)nc2)c1=O. The minimum absolute atomic E-state index is 0.152. The maximum atomic E-state index is 12.5. The molecule has 1 aliphatic rings. The van der Waals surface area contributed by atoms with Crippen LogP contribution in [-0.2, 0) is 0 Å². The number of ether oxygens (including phenoxy) is 1. The maximum Gasteiger partial charge on any atom is 0.336 e. The van der Waals surface area contributed by atoms with Crippen LogP contribution in [0.4, 0.5) is 0 Å². The van der Waals surface area contributed by atoms with Crippen LogP contribution in [0.1, 0.15) is 18.9 Å². The third-order valence-corrected chi connectivity index (χ3v) is 3.68. The van der Waals surface area contributed by atoms with E-state index in [2.05, 4.69) is 20.9 Å². The molecule has 2 aromatic rings. The highest BCUT2D eigenvalue weighted by atomic mass is 79.9. The topological polar surface area (TPSA) is 66.1 Å². The summed E-state index contributed by atoms with van der Waals surface area (Å²) in [7, 11) is 1.42. The molecule has 0 saturated heterocycles. The van der Waals surface area contributed by atoms with Crippen LogP contribution in [0.5, 0.6) is 5.75 Å². The molecule has 0 radical (unpaired) electrons. The van der Waals surface area contributed by atoms with Gasteiger partial charge < -0.3 is 4.74 Å². The summed E-state index contributed by atoms with van der Waals surface area (Å²) in [6, 6.07) is 3.50. The van der Waals surface area contributed by atoms with Gasteiger partial charge in [-0.2, -0.15) is 0 Å². The minimum Gasteiger partial charge on any atom is -0.490 e. The van der Waals surface area contributed by atoms with Crippen molar-refractivity contribution < 1.29 is 4.74 Å². The summed E-state index contributed by atoms with van der Waals surface area (Å²) in [4.78, 5) is 28.8. The van der Waals surface area contributed by atoms with Crippen LogP contribution >= 0.6 is 15.9 Å². The molecule has 0 aromatic carbocycles. The van der Waals surface area contributed by atoms with Crippen LogP contribution in [0, 0.1) is 0 Å². The quantitative estimate of drug-likeness (QED) is 0.796. The molecule has 1 saturated carbocycles. The van der Waals surface area contributed by atoms with Gasteiger partial charge in [0.25, 0.3) is 0 Å². The van der Waals surface area contributed by atoms with E-state index < -0.39 is 5.56 Å². The molecule has 0 aliphatic heterocycles. The molecule has 20 heavy (non-hydrogen) atoms. The molecular weight excluding hydrogens is 326 g/mol. The van der Waals surface area contributed by atoms with Gasteiger partial charge in [-0.1, -0.05) is 0 Å². The van der Waals surface area contributed by atoms with Crippen molar-refractivity contribution in [3.8, 4) is 11.4 Å². The number of nitrogens with zero attached hydrogens (tertiary/aromatic N) is 3. The van der Waals surface area contributed by atoms with Crippen molar-refractivity contribution in [2.45, 2.75) is 18.9 Å². The van der Waals surface area contributed by atoms with Crippen LogP contribution in [0.15, 0.2) is 38.7 Å². The lowest BCUT2D eigenvalue weighted by atomic mass is 10.4. The fourth-order valence-corrected chi connectivity index (χ4v) is 2.27. The smallest absolute Gasteiger partial charge is 0.336 e. The first kappa shape index (κ1) is 13.1. The molecule has 0 bridgehead atoms. The van der Waals surface area contributed by atoms with Gasteiger partial charge in [-0.15, -0.1) is 0 Å². The monoisotopic (exact) mass is 337 g/mol. The zero-order valence-electron chi connectivity index (χ0n) is 10.7. The van der Waals surface area contributed by atoms with E-state index in [1.165, 1.54) is 19.5 Å². The van der Waals surface area contributed by atoms with E-state index in [0.29, 0.717) is 10.3 Å². The molecule has 1 fully saturated rings. The average molecular weight is 338 g/mol. The summed E-state index contributed by atoms with van der Waals surface area (Å²) in [6.45, 7) is 0. The number of hydrogen-bond acceptors (Lipinski definition) is 4. The molecule has 0 atom stereocenters. The van der Waals surface area contributed by atoms with Gasteiger partial charge in [0.05, 0.1) is 25.2 Å².